The SMILES string of the molecule is CSC(c1ccccc1)c1cc(Cl)ccc1N. The summed E-state index contributed by atoms with van der Waals surface area (Å²) in [5.41, 5.74) is 9.14. The van der Waals surface area contributed by atoms with Gasteiger partial charge in [-0.05, 0) is 35.6 Å². The van der Waals surface area contributed by atoms with Gasteiger partial charge in [0.1, 0.15) is 0 Å². The van der Waals surface area contributed by atoms with E-state index >= 15 is 0 Å². The molecule has 88 valence electrons. The highest BCUT2D eigenvalue weighted by molar-refractivity contribution is 7.99. The van der Waals surface area contributed by atoms with Crippen LogP contribution in [-0.4, -0.2) is 6.26 Å². The number of rotatable bonds is 3. The second-order valence-electron chi connectivity index (χ2n) is 3.80. The molecule has 1 nitrogen and oxygen atoms in total. The molecule has 0 aromatic heterocycles. The van der Waals surface area contributed by atoms with E-state index in [1.165, 1.54) is 5.56 Å². The Morgan fingerprint density at radius 1 is 1.12 bits per heavy atom. The topological polar surface area (TPSA) is 26.0 Å². The molecule has 0 aliphatic rings. The lowest BCUT2D eigenvalue weighted by molar-refractivity contribution is 1.16. The second-order valence-corrected chi connectivity index (χ2v) is 5.18. The van der Waals surface area contributed by atoms with Crippen molar-refractivity contribution in [2.24, 2.45) is 0 Å². The van der Waals surface area contributed by atoms with Crippen molar-refractivity contribution in [3.05, 3.63) is 64.7 Å². The van der Waals surface area contributed by atoms with Gasteiger partial charge in [-0.1, -0.05) is 41.9 Å². The molecule has 0 bridgehead atoms. The van der Waals surface area contributed by atoms with Crippen LogP contribution in [0, 0.1) is 0 Å². The molecular formula is C14H14ClNS. The van der Waals surface area contributed by atoms with Crippen LogP contribution < -0.4 is 5.73 Å². The molecule has 0 saturated heterocycles. The van der Waals surface area contributed by atoms with Gasteiger partial charge in [0.05, 0.1) is 5.25 Å². The van der Waals surface area contributed by atoms with Crippen LogP contribution in [0.25, 0.3) is 0 Å². The van der Waals surface area contributed by atoms with E-state index in [4.69, 9.17) is 17.3 Å². The van der Waals surface area contributed by atoms with E-state index in [-0.39, 0.29) is 5.25 Å². The zero-order chi connectivity index (χ0) is 12.3. The molecule has 0 spiro atoms. The van der Waals surface area contributed by atoms with Crippen LogP contribution in [0.4, 0.5) is 5.69 Å². The van der Waals surface area contributed by atoms with Crippen molar-refractivity contribution in [2.45, 2.75) is 5.25 Å². The lowest BCUT2D eigenvalue weighted by atomic mass is 10.0. The van der Waals surface area contributed by atoms with Crippen LogP contribution in [0.5, 0.6) is 0 Å². The Hall–Kier alpha value is -1.12. The number of thioether (sulfide) groups is 1. The van der Waals surface area contributed by atoms with Gasteiger partial charge in [0.15, 0.2) is 0 Å². The number of nitrogen functional groups attached to an aromatic ring is 1. The first kappa shape index (κ1) is 12.3. The Balaban J connectivity index is 2.46. The number of nitrogens with two attached hydrogens (primary N) is 1. The summed E-state index contributed by atoms with van der Waals surface area (Å²) in [7, 11) is 0. The standard InChI is InChI=1S/C14H14ClNS/c1-17-14(10-5-3-2-4-6-10)12-9-11(15)7-8-13(12)16/h2-9,14H,16H2,1H3. The number of benzene rings is 2. The maximum atomic E-state index is 6.04. The molecule has 2 aromatic carbocycles. The van der Waals surface area contributed by atoms with Crippen LogP contribution in [0.1, 0.15) is 16.4 Å². The summed E-state index contributed by atoms with van der Waals surface area (Å²) in [5.74, 6) is 0. The first-order chi connectivity index (χ1) is 8.22. The van der Waals surface area contributed by atoms with Gasteiger partial charge in [-0.25, -0.2) is 0 Å². The zero-order valence-electron chi connectivity index (χ0n) is 9.56. The average molecular weight is 264 g/mol. The number of anilines is 1. The first-order valence-electron chi connectivity index (χ1n) is 5.35. The normalized spacial score (nSPS) is 12.4. The molecule has 0 heterocycles. The highest BCUT2D eigenvalue weighted by Gasteiger charge is 2.15. The summed E-state index contributed by atoms with van der Waals surface area (Å²) in [5, 5.41) is 0.957. The van der Waals surface area contributed by atoms with Gasteiger partial charge in [-0.15, -0.1) is 0 Å². The van der Waals surface area contributed by atoms with E-state index in [1.807, 2.05) is 36.4 Å². The predicted octanol–water partition coefficient (Wildman–Crippen LogP) is 4.37. The van der Waals surface area contributed by atoms with Gasteiger partial charge in [-0.3, -0.25) is 0 Å². The van der Waals surface area contributed by atoms with E-state index in [0.717, 1.165) is 16.3 Å². The summed E-state index contributed by atoms with van der Waals surface area (Å²) in [6, 6.07) is 16.0. The van der Waals surface area contributed by atoms with Crippen LogP contribution >= 0.6 is 23.4 Å². The van der Waals surface area contributed by atoms with Crippen LogP contribution in [0.2, 0.25) is 5.02 Å². The lowest BCUT2D eigenvalue weighted by Gasteiger charge is -2.17. The molecular weight excluding hydrogens is 250 g/mol. The second kappa shape index (κ2) is 5.48. The third-order valence-corrected chi connectivity index (χ3v) is 3.90. The van der Waals surface area contributed by atoms with Crippen LogP contribution in [-0.2, 0) is 0 Å². The zero-order valence-corrected chi connectivity index (χ0v) is 11.1. The van der Waals surface area contributed by atoms with E-state index in [0.29, 0.717) is 0 Å². The fraction of sp³-hybridized carbons (Fsp3) is 0.143. The van der Waals surface area contributed by atoms with E-state index in [1.54, 1.807) is 11.8 Å². The first-order valence-corrected chi connectivity index (χ1v) is 7.01. The monoisotopic (exact) mass is 263 g/mol. The third-order valence-electron chi connectivity index (χ3n) is 2.67. The van der Waals surface area contributed by atoms with E-state index < -0.39 is 0 Å². The summed E-state index contributed by atoms with van der Waals surface area (Å²) in [6.45, 7) is 0. The minimum absolute atomic E-state index is 0.231. The molecule has 0 saturated carbocycles. The Morgan fingerprint density at radius 3 is 2.47 bits per heavy atom. The largest absolute Gasteiger partial charge is 0.398 e. The smallest absolute Gasteiger partial charge is 0.0564 e. The van der Waals surface area contributed by atoms with Crippen molar-refractivity contribution >= 4 is 29.1 Å². The maximum Gasteiger partial charge on any atom is 0.0564 e. The van der Waals surface area contributed by atoms with Gasteiger partial charge < -0.3 is 5.73 Å². The maximum absolute atomic E-state index is 6.04. The molecule has 3 heteroatoms. The van der Waals surface area contributed by atoms with Crippen molar-refractivity contribution in [1.29, 1.82) is 0 Å². The van der Waals surface area contributed by atoms with Crippen molar-refractivity contribution in [1.82, 2.24) is 0 Å². The molecule has 2 aromatic rings. The van der Waals surface area contributed by atoms with Crippen molar-refractivity contribution in [2.75, 3.05) is 12.0 Å². The molecule has 1 unspecified atom stereocenters. The fourth-order valence-corrected chi connectivity index (χ4v) is 2.91. The minimum Gasteiger partial charge on any atom is -0.398 e. The van der Waals surface area contributed by atoms with Crippen molar-refractivity contribution < 1.29 is 0 Å². The third kappa shape index (κ3) is 2.76. The summed E-state index contributed by atoms with van der Waals surface area (Å²) in [6.07, 6.45) is 2.08. The van der Waals surface area contributed by atoms with Crippen LogP contribution in [0.3, 0.4) is 0 Å². The molecule has 17 heavy (non-hydrogen) atoms. The quantitative estimate of drug-likeness (QED) is 0.832. The van der Waals surface area contributed by atoms with E-state index in [2.05, 4.69) is 18.4 Å². The van der Waals surface area contributed by atoms with Gasteiger partial charge in [0, 0.05) is 10.7 Å². The Bertz CT molecular complexity index is 499. The Kier molecular flexibility index (Phi) is 3.97. The molecule has 0 aliphatic carbocycles. The fourth-order valence-electron chi connectivity index (χ4n) is 1.84. The molecule has 0 radical (unpaired) electrons. The van der Waals surface area contributed by atoms with Gasteiger partial charge in [-0.2, -0.15) is 11.8 Å². The van der Waals surface area contributed by atoms with E-state index in [9.17, 15) is 0 Å². The van der Waals surface area contributed by atoms with Crippen molar-refractivity contribution in [3.63, 3.8) is 0 Å². The van der Waals surface area contributed by atoms with Crippen molar-refractivity contribution in [3.8, 4) is 0 Å². The van der Waals surface area contributed by atoms with Gasteiger partial charge in [0.25, 0.3) is 0 Å². The highest BCUT2D eigenvalue weighted by atomic mass is 35.5. The molecule has 1 atom stereocenters. The number of hydrogen-bond donors (Lipinski definition) is 1. The highest BCUT2D eigenvalue weighted by Crippen LogP contribution is 2.37. The van der Waals surface area contributed by atoms with Gasteiger partial charge in [0.2, 0.25) is 0 Å². The van der Waals surface area contributed by atoms with Gasteiger partial charge >= 0.3 is 0 Å². The molecule has 0 aliphatic heterocycles. The average Bonchev–Trinajstić information content (AvgIpc) is 2.36. The summed E-state index contributed by atoms with van der Waals surface area (Å²) < 4.78 is 0. The lowest BCUT2D eigenvalue weighted by Crippen LogP contribution is -2.01. The molecule has 2 N–H and O–H groups in total. The molecule has 0 fully saturated rings. The minimum atomic E-state index is 0.231. The Morgan fingerprint density at radius 2 is 1.82 bits per heavy atom. The summed E-state index contributed by atoms with van der Waals surface area (Å²) >= 11 is 7.80. The molecule has 2 rings (SSSR count). The Labute approximate surface area is 111 Å². The number of hydrogen-bond acceptors (Lipinski definition) is 2. The molecule has 0 amide bonds. The number of halogens is 1. The predicted molar refractivity (Wildman–Crippen MR) is 77.7 cm³/mol. The van der Waals surface area contributed by atoms with Crippen LogP contribution in [0.15, 0.2) is 48.5 Å². The summed E-state index contributed by atoms with van der Waals surface area (Å²) in [4.78, 5) is 0.